The molecule has 3 rings (SSSR count). The summed E-state index contributed by atoms with van der Waals surface area (Å²) in [6.07, 6.45) is -4.73. The molecule has 1 atom stereocenters. The molecular weight excluding hydrogens is 476 g/mol. The highest BCUT2D eigenvalue weighted by atomic mass is 79.9. The molecule has 0 bridgehead atoms. The van der Waals surface area contributed by atoms with E-state index in [4.69, 9.17) is 11.6 Å². The summed E-state index contributed by atoms with van der Waals surface area (Å²) in [7, 11) is 0. The second kappa shape index (κ2) is 9.12. The van der Waals surface area contributed by atoms with Gasteiger partial charge < -0.3 is 10.1 Å². The lowest BCUT2D eigenvalue weighted by atomic mass is 10.0. The Morgan fingerprint density at radius 1 is 1.19 bits per heavy atom. The maximum Gasteiger partial charge on any atom is 0.573 e. The van der Waals surface area contributed by atoms with Crippen molar-refractivity contribution in [1.82, 2.24) is 10.2 Å². The Bertz CT molecular complexity index is 739. The van der Waals surface area contributed by atoms with Gasteiger partial charge in [-0.2, -0.15) is 0 Å². The minimum atomic E-state index is -4.73. The Morgan fingerprint density at radius 3 is 2.46 bits per heavy atom. The van der Waals surface area contributed by atoms with E-state index in [0.717, 1.165) is 36.6 Å². The first kappa shape index (κ1) is 21.8. The number of piperazine rings is 1. The summed E-state index contributed by atoms with van der Waals surface area (Å²) in [4.78, 5) is 3.22. The van der Waals surface area contributed by atoms with Gasteiger partial charge >= 0.3 is 6.36 Å². The number of alkyl halides is 3. The molecule has 0 amide bonds. The average molecular weight is 492 g/mol. The fourth-order valence-corrected chi connectivity index (χ4v) is 4.62. The largest absolute Gasteiger partial charge is 0.573 e. The van der Waals surface area contributed by atoms with E-state index in [0.29, 0.717) is 8.81 Å². The van der Waals surface area contributed by atoms with E-state index >= 15 is 0 Å². The third kappa shape index (κ3) is 5.74. The third-order valence-electron chi connectivity index (χ3n) is 3.82. The lowest BCUT2D eigenvalue weighted by Crippen LogP contribution is -2.45. The van der Waals surface area contributed by atoms with Gasteiger partial charge in [-0.1, -0.05) is 27.5 Å². The first-order valence-corrected chi connectivity index (χ1v) is 9.57. The van der Waals surface area contributed by atoms with Crippen LogP contribution in [0, 0.1) is 0 Å². The molecule has 1 fully saturated rings. The number of nitrogens with one attached hydrogen (secondary N) is 1. The molecule has 2 heterocycles. The van der Waals surface area contributed by atoms with Gasteiger partial charge in [0.25, 0.3) is 0 Å². The predicted octanol–water partition coefficient (Wildman–Crippen LogP) is 5.48. The SMILES string of the molecule is Cl.FC(F)(F)Oc1cc(Br)cc([C@@H](c2ccc(Cl)s2)N2CCNCC2)c1. The van der Waals surface area contributed by atoms with Crippen molar-refractivity contribution in [3.05, 3.63) is 49.6 Å². The van der Waals surface area contributed by atoms with E-state index in [-0.39, 0.29) is 24.2 Å². The number of ether oxygens (including phenoxy) is 1. The van der Waals surface area contributed by atoms with Crippen molar-refractivity contribution in [1.29, 1.82) is 0 Å². The first-order valence-electron chi connectivity index (χ1n) is 7.58. The van der Waals surface area contributed by atoms with Gasteiger partial charge in [-0.3, -0.25) is 4.90 Å². The molecule has 10 heteroatoms. The number of benzene rings is 1. The standard InChI is InChI=1S/C16H15BrClF3N2OS.ClH/c17-11-7-10(8-12(9-11)24-16(19,20)21)15(13-1-2-14(18)25-13)23-5-3-22-4-6-23;/h1-2,7-9,15,22H,3-6H2;1H/t15-;/m0./s1. The quantitative estimate of drug-likeness (QED) is 0.612. The van der Waals surface area contributed by atoms with Gasteiger partial charge in [-0.05, 0) is 35.9 Å². The van der Waals surface area contributed by atoms with Crippen molar-refractivity contribution in [2.45, 2.75) is 12.4 Å². The normalized spacial score (nSPS) is 16.8. The molecule has 1 aromatic heterocycles. The summed E-state index contributed by atoms with van der Waals surface area (Å²) in [6, 6.07) is 8.13. The van der Waals surface area contributed by atoms with Crippen LogP contribution in [-0.4, -0.2) is 37.4 Å². The summed E-state index contributed by atoms with van der Waals surface area (Å²) >= 11 is 10.8. The van der Waals surface area contributed by atoms with Crippen LogP contribution >= 0.6 is 51.3 Å². The molecule has 0 spiro atoms. The zero-order valence-corrected chi connectivity index (χ0v) is 17.3. The molecule has 0 saturated carbocycles. The second-order valence-corrected chi connectivity index (χ2v) is 8.26. The molecule has 0 aliphatic carbocycles. The summed E-state index contributed by atoms with van der Waals surface area (Å²) in [5.74, 6) is -0.236. The molecule has 3 nitrogen and oxygen atoms in total. The van der Waals surface area contributed by atoms with Crippen molar-refractivity contribution >= 4 is 51.3 Å². The molecule has 1 N–H and O–H groups in total. The Hall–Kier alpha value is -0.510. The fraction of sp³-hybridized carbons (Fsp3) is 0.375. The first-order chi connectivity index (χ1) is 11.8. The molecule has 0 radical (unpaired) electrons. The molecule has 144 valence electrons. The van der Waals surface area contributed by atoms with Crippen LogP contribution in [0.4, 0.5) is 13.2 Å². The number of hydrogen-bond donors (Lipinski definition) is 1. The summed E-state index contributed by atoms with van der Waals surface area (Å²) in [6.45, 7) is 3.25. The molecule has 26 heavy (non-hydrogen) atoms. The number of nitrogens with zero attached hydrogens (tertiary/aromatic N) is 1. The monoisotopic (exact) mass is 490 g/mol. The van der Waals surface area contributed by atoms with Gasteiger partial charge in [-0.15, -0.1) is 36.9 Å². The molecular formula is C16H16BrCl2F3N2OS. The minimum Gasteiger partial charge on any atom is -0.406 e. The van der Waals surface area contributed by atoms with Gasteiger partial charge in [0.2, 0.25) is 0 Å². The summed E-state index contributed by atoms with van der Waals surface area (Å²) in [5.41, 5.74) is 0.731. The van der Waals surface area contributed by atoms with E-state index in [9.17, 15) is 13.2 Å². The van der Waals surface area contributed by atoms with Gasteiger partial charge in [0.1, 0.15) is 5.75 Å². The Kier molecular flexibility index (Phi) is 7.64. The molecule has 0 unspecified atom stereocenters. The van der Waals surface area contributed by atoms with Crippen LogP contribution in [0.1, 0.15) is 16.5 Å². The fourth-order valence-electron chi connectivity index (χ4n) is 2.91. The van der Waals surface area contributed by atoms with E-state index in [1.54, 1.807) is 0 Å². The van der Waals surface area contributed by atoms with Crippen LogP contribution in [0.15, 0.2) is 34.8 Å². The molecule has 1 aromatic carbocycles. The zero-order chi connectivity index (χ0) is 18.0. The van der Waals surface area contributed by atoms with Crippen LogP contribution in [0.3, 0.4) is 0 Å². The molecule has 1 aliphatic rings. The van der Waals surface area contributed by atoms with E-state index in [1.807, 2.05) is 18.2 Å². The Balaban J connectivity index is 0.00000243. The number of thiophene rings is 1. The maximum atomic E-state index is 12.6. The molecule has 1 aliphatic heterocycles. The number of halogens is 6. The number of hydrogen-bond acceptors (Lipinski definition) is 4. The van der Waals surface area contributed by atoms with Crippen molar-refractivity contribution < 1.29 is 17.9 Å². The Morgan fingerprint density at radius 2 is 1.88 bits per heavy atom. The van der Waals surface area contributed by atoms with Gasteiger partial charge in [0.05, 0.1) is 10.4 Å². The second-order valence-electron chi connectivity index (χ2n) is 5.60. The maximum absolute atomic E-state index is 12.6. The van der Waals surface area contributed by atoms with Gasteiger partial charge in [-0.25, -0.2) is 0 Å². The zero-order valence-electron chi connectivity index (χ0n) is 13.4. The van der Waals surface area contributed by atoms with Crippen LogP contribution in [0.5, 0.6) is 5.75 Å². The van der Waals surface area contributed by atoms with E-state index in [2.05, 4.69) is 30.9 Å². The average Bonchev–Trinajstić information content (AvgIpc) is 2.92. The lowest BCUT2D eigenvalue weighted by Gasteiger charge is -2.35. The predicted molar refractivity (Wildman–Crippen MR) is 104 cm³/mol. The van der Waals surface area contributed by atoms with Crippen molar-refractivity contribution in [3.63, 3.8) is 0 Å². The number of rotatable bonds is 4. The molecule has 1 saturated heterocycles. The Labute approximate surface area is 173 Å². The highest BCUT2D eigenvalue weighted by Gasteiger charge is 2.32. The van der Waals surface area contributed by atoms with E-state index < -0.39 is 6.36 Å². The summed E-state index contributed by atoms with van der Waals surface area (Å²) in [5, 5.41) is 3.28. The van der Waals surface area contributed by atoms with Crippen LogP contribution in [0.2, 0.25) is 4.34 Å². The van der Waals surface area contributed by atoms with Crippen LogP contribution in [0.25, 0.3) is 0 Å². The minimum absolute atomic E-state index is 0. The summed E-state index contributed by atoms with van der Waals surface area (Å²) < 4.78 is 43.1. The van der Waals surface area contributed by atoms with Crippen LogP contribution in [-0.2, 0) is 0 Å². The topological polar surface area (TPSA) is 24.5 Å². The smallest absolute Gasteiger partial charge is 0.406 e. The highest BCUT2D eigenvalue weighted by molar-refractivity contribution is 9.10. The van der Waals surface area contributed by atoms with Crippen molar-refractivity contribution in [2.75, 3.05) is 26.2 Å². The van der Waals surface area contributed by atoms with E-state index in [1.165, 1.54) is 23.5 Å². The van der Waals surface area contributed by atoms with Crippen molar-refractivity contribution in [3.8, 4) is 5.75 Å². The van der Waals surface area contributed by atoms with Crippen molar-refractivity contribution in [2.24, 2.45) is 0 Å². The molecule has 2 aromatic rings. The third-order valence-corrected chi connectivity index (χ3v) is 5.56. The van der Waals surface area contributed by atoms with Gasteiger partial charge in [0, 0.05) is 35.5 Å². The highest BCUT2D eigenvalue weighted by Crippen LogP contribution is 2.38. The van der Waals surface area contributed by atoms with Gasteiger partial charge in [0.15, 0.2) is 0 Å². The van der Waals surface area contributed by atoms with Crippen LogP contribution < -0.4 is 10.1 Å². The lowest BCUT2D eigenvalue weighted by molar-refractivity contribution is -0.274.